The van der Waals surface area contributed by atoms with Crippen molar-refractivity contribution in [2.24, 2.45) is 0 Å². The molecule has 0 saturated carbocycles. The van der Waals surface area contributed by atoms with Gasteiger partial charge in [-0.05, 0) is 30.2 Å². The van der Waals surface area contributed by atoms with E-state index < -0.39 is 17.8 Å². The van der Waals surface area contributed by atoms with Crippen molar-refractivity contribution in [1.82, 2.24) is 9.88 Å². The van der Waals surface area contributed by atoms with Gasteiger partial charge in [-0.25, -0.2) is 4.98 Å². The summed E-state index contributed by atoms with van der Waals surface area (Å²) in [5.74, 6) is 0.354. The van der Waals surface area contributed by atoms with Crippen LogP contribution in [0.5, 0.6) is 0 Å². The maximum atomic E-state index is 12.8. The molecule has 4 nitrogen and oxygen atoms in total. The average molecular weight is 434 g/mol. The number of hydrogen-bond acceptors (Lipinski definition) is 4. The summed E-state index contributed by atoms with van der Waals surface area (Å²) < 4.78 is 38.4. The number of hydrogen-bond donors (Lipinski definition) is 1. The molecule has 1 aliphatic rings. The fourth-order valence-electron chi connectivity index (χ4n) is 3.25. The number of anilines is 1. The number of alkyl halides is 3. The van der Waals surface area contributed by atoms with Gasteiger partial charge in [-0.1, -0.05) is 35.3 Å². The Balaban J connectivity index is 1.63. The first-order valence-corrected chi connectivity index (χ1v) is 9.63. The number of aliphatic hydroxyl groups is 1. The lowest BCUT2D eigenvalue weighted by Gasteiger charge is -2.25. The highest BCUT2D eigenvalue weighted by Crippen LogP contribution is 2.33. The van der Waals surface area contributed by atoms with Crippen LogP contribution in [-0.2, 0) is 6.18 Å². The summed E-state index contributed by atoms with van der Waals surface area (Å²) in [6, 6.07) is 8.02. The summed E-state index contributed by atoms with van der Waals surface area (Å²) in [4.78, 5) is 7.94. The Bertz CT molecular complexity index is 819. The van der Waals surface area contributed by atoms with Crippen molar-refractivity contribution in [1.29, 1.82) is 0 Å². The molecule has 3 rings (SSSR count). The third-order valence-electron chi connectivity index (χ3n) is 4.70. The van der Waals surface area contributed by atoms with E-state index in [2.05, 4.69) is 9.88 Å². The predicted molar refractivity (Wildman–Crippen MR) is 104 cm³/mol. The van der Waals surface area contributed by atoms with E-state index in [0.29, 0.717) is 37.0 Å². The Morgan fingerprint density at radius 2 is 1.89 bits per heavy atom. The number of pyridine rings is 1. The van der Waals surface area contributed by atoms with Gasteiger partial charge in [-0.15, -0.1) is 0 Å². The number of rotatable bonds is 4. The first-order chi connectivity index (χ1) is 13.2. The number of aromatic nitrogens is 1. The molecule has 0 radical (unpaired) electrons. The van der Waals surface area contributed by atoms with Crippen LogP contribution in [0.2, 0.25) is 10.0 Å². The number of halogens is 5. The van der Waals surface area contributed by atoms with E-state index in [0.717, 1.165) is 30.8 Å². The quantitative estimate of drug-likeness (QED) is 0.761. The van der Waals surface area contributed by atoms with Crippen LogP contribution in [0.4, 0.5) is 19.0 Å². The first kappa shape index (κ1) is 21.2. The zero-order chi connectivity index (χ0) is 20.3. The molecule has 0 spiro atoms. The van der Waals surface area contributed by atoms with Crippen LogP contribution in [0, 0.1) is 0 Å². The van der Waals surface area contributed by atoms with Crippen molar-refractivity contribution < 1.29 is 18.3 Å². The molecule has 152 valence electrons. The number of aliphatic hydroxyl groups excluding tert-OH is 1. The molecular weight excluding hydrogens is 414 g/mol. The van der Waals surface area contributed by atoms with E-state index in [9.17, 15) is 18.3 Å². The summed E-state index contributed by atoms with van der Waals surface area (Å²) in [5.41, 5.74) is -0.108. The number of nitrogens with zero attached hydrogens (tertiary/aromatic N) is 3. The highest BCUT2D eigenvalue weighted by molar-refractivity contribution is 6.33. The Morgan fingerprint density at radius 3 is 2.57 bits per heavy atom. The molecule has 0 amide bonds. The fourth-order valence-corrected chi connectivity index (χ4v) is 3.73. The summed E-state index contributed by atoms with van der Waals surface area (Å²) in [5, 5.41) is 11.0. The van der Waals surface area contributed by atoms with Gasteiger partial charge in [0.25, 0.3) is 0 Å². The monoisotopic (exact) mass is 433 g/mol. The lowest BCUT2D eigenvalue weighted by molar-refractivity contribution is -0.137. The highest BCUT2D eigenvalue weighted by Gasteiger charge is 2.32. The SMILES string of the molecule is O[C@@H](CN1CCCN(c2ncc(C(F)(F)F)cc2Cl)CC1)c1cccc(Cl)c1. The van der Waals surface area contributed by atoms with E-state index in [1.165, 1.54) is 0 Å². The van der Waals surface area contributed by atoms with Crippen LogP contribution in [-0.4, -0.2) is 47.7 Å². The molecule has 1 fully saturated rings. The predicted octanol–water partition coefficient (Wildman–Crippen LogP) is 4.65. The summed E-state index contributed by atoms with van der Waals surface area (Å²) in [6.45, 7) is 3.02. The fraction of sp³-hybridized carbons (Fsp3) is 0.421. The van der Waals surface area contributed by atoms with Crippen LogP contribution >= 0.6 is 23.2 Å². The van der Waals surface area contributed by atoms with Gasteiger partial charge in [-0.2, -0.15) is 13.2 Å². The molecule has 9 heteroatoms. The zero-order valence-electron chi connectivity index (χ0n) is 15.0. The van der Waals surface area contributed by atoms with Gasteiger partial charge < -0.3 is 10.0 Å². The Labute approximate surface area is 171 Å². The Hall–Kier alpha value is -1.54. The largest absolute Gasteiger partial charge is 0.417 e. The van der Waals surface area contributed by atoms with Crippen LogP contribution in [0.3, 0.4) is 0 Å². The lowest BCUT2D eigenvalue weighted by Crippen LogP contribution is -2.33. The summed E-state index contributed by atoms with van der Waals surface area (Å²) in [7, 11) is 0. The smallest absolute Gasteiger partial charge is 0.387 e. The van der Waals surface area contributed by atoms with Gasteiger partial charge in [0.05, 0.1) is 16.7 Å². The third-order valence-corrected chi connectivity index (χ3v) is 5.21. The van der Waals surface area contributed by atoms with Gasteiger partial charge in [0.2, 0.25) is 0 Å². The van der Waals surface area contributed by atoms with Crippen LogP contribution in [0.1, 0.15) is 23.7 Å². The molecular formula is C19H20Cl2F3N3O. The van der Waals surface area contributed by atoms with E-state index in [1.807, 2.05) is 11.0 Å². The summed E-state index contributed by atoms with van der Waals surface area (Å²) >= 11 is 12.0. The Kier molecular flexibility index (Phi) is 6.70. The van der Waals surface area contributed by atoms with Crippen LogP contribution < -0.4 is 4.90 Å². The molecule has 1 saturated heterocycles. The first-order valence-electron chi connectivity index (χ1n) is 8.87. The van der Waals surface area contributed by atoms with Crippen LogP contribution in [0.15, 0.2) is 36.5 Å². The zero-order valence-corrected chi connectivity index (χ0v) is 16.5. The molecule has 0 bridgehead atoms. The van der Waals surface area contributed by atoms with Crippen molar-refractivity contribution in [3.8, 4) is 0 Å². The normalized spacial score (nSPS) is 17.4. The second-order valence-corrected chi connectivity index (χ2v) is 7.58. The van der Waals surface area contributed by atoms with E-state index in [-0.39, 0.29) is 5.02 Å². The standard InChI is InChI=1S/C19H20Cl2F3N3O/c20-15-4-1-3-13(9-15)17(28)12-26-5-2-6-27(8-7-26)18-16(21)10-14(11-25-18)19(22,23)24/h1,3-4,9-11,17,28H,2,5-8,12H2/t17-/m0/s1. The third kappa shape index (κ3) is 5.29. The van der Waals surface area contributed by atoms with Gasteiger partial charge in [0.1, 0.15) is 5.82 Å². The minimum atomic E-state index is -4.47. The number of β-amino-alcohol motifs (C(OH)–C–C–N with tert-alkyl or cyclic N) is 1. The van der Waals surface area contributed by atoms with Gasteiger partial charge in [0.15, 0.2) is 0 Å². The van der Waals surface area contributed by atoms with E-state index in [1.54, 1.807) is 18.2 Å². The van der Waals surface area contributed by atoms with E-state index >= 15 is 0 Å². The average Bonchev–Trinajstić information content (AvgIpc) is 2.86. The second-order valence-electron chi connectivity index (χ2n) is 6.74. The van der Waals surface area contributed by atoms with E-state index in [4.69, 9.17) is 23.2 Å². The molecule has 1 N–H and O–H groups in total. The number of benzene rings is 1. The molecule has 1 aromatic carbocycles. The minimum absolute atomic E-state index is 0.0118. The molecule has 2 heterocycles. The second kappa shape index (κ2) is 8.86. The van der Waals surface area contributed by atoms with Crippen molar-refractivity contribution in [3.05, 3.63) is 57.7 Å². The lowest BCUT2D eigenvalue weighted by atomic mass is 10.1. The maximum Gasteiger partial charge on any atom is 0.417 e. The van der Waals surface area contributed by atoms with Crippen molar-refractivity contribution in [3.63, 3.8) is 0 Å². The molecule has 0 unspecified atom stereocenters. The van der Waals surface area contributed by atoms with Gasteiger partial charge >= 0.3 is 6.18 Å². The van der Waals surface area contributed by atoms with Crippen molar-refractivity contribution in [2.75, 3.05) is 37.6 Å². The molecule has 2 aromatic rings. The molecule has 1 atom stereocenters. The molecule has 0 aliphatic carbocycles. The maximum absolute atomic E-state index is 12.8. The van der Waals surface area contributed by atoms with Crippen molar-refractivity contribution in [2.45, 2.75) is 18.7 Å². The van der Waals surface area contributed by atoms with Gasteiger partial charge in [0, 0.05) is 43.9 Å². The van der Waals surface area contributed by atoms with Crippen molar-refractivity contribution >= 4 is 29.0 Å². The minimum Gasteiger partial charge on any atom is -0.387 e. The highest BCUT2D eigenvalue weighted by atomic mass is 35.5. The van der Waals surface area contributed by atoms with Gasteiger partial charge in [-0.3, -0.25) is 4.90 Å². The molecule has 1 aliphatic heterocycles. The molecule has 1 aromatic heterocycles. The van der Waals surface area contributed by atoms with Crippen LogP contribution in [0.25, 0.3) is 0 Å². The topological polar surface area (TPSA) is 39.6 Å². The summed E-state index contributed by atoms with van der Waals surface area (Å²) in [6.07, 6.45) is -3.55. The molecule has 28 heavy (non-hydrogen) atoms. The Morgan fingerprint density at radius 1 is 1.11 bits per heavy atom.